The van der Waals surface area contributed by atoms with Crippen LogP contribution in [-0.4, -0.2) is 44.8 Å². The molecule has 0 radical (unpaired) electrons. The summed E-state index contributed by atoms with van der Waals surface area (Å²) in [6.07, 6.45) is -1.04. The molecule has 0 aliphatic carbocycles. The van der Waals surface area contributed by atoms with Gasteiger partial charge in [-0.1, -0.05) is 0 Å². The minimum Gasteiger partial charge on any atom is -0.469 e. The van der Waals surface area contributed by atoms with Crippen molar-refractivity contribution in [3.8, 4) is 0 Å². The molecule has 98 valence electrons. The quantitative estimate of drug-likeness (QED) is 0.466. The molecule has 8 heteroatoms. The first kappa shape index (κ1) is 15.3. The Hall–Kier alpha value is -1.67. The second kappa shape index (κ2) is 6.81. The molecule has 0 aliphatic rings. The van der Waals surface area contributed by atoms with E-state index in [-0.39, 0.29) is 0 Å². The van der Waals surface area contributed by atoms with Crippen LogP contribution < -0.4 is 5.90 Å². The minimum atomic E-state index is -1.79. The number of esters is 2. The van der Waals surface area contributed by atoms with Gasteiger partial charge in [-0.25, -0.2) is 4.79 Å². The van der Waals surface area contributed by atoms with Crippen LogP contribution in [0.4, 0.5) is 0 Å². The molecule has 8 nitrogen and oxygen atoms in total. The Morgan fingerprint density at radius 1 is 1.00 bits per heavy atom. The first-order valence-corrected chi connectivity index (χ1v) is 4.55. The molecule has 2 N–H and O–H groups in total. The van der Waals surface area contributed by atoms with Crippen LogP contribution >= 0.6 is 0 Å². The lowest BCUT2D eigenvalue weighted by atomic mass is 9.95. The summed E-state index contributed by atoms with van der Waals surface area (Å²) in [5.74, 6) is 2.12. The molecule has 0 amide bonds. The first-order valence-electron chi connectivity index (χ1n) is 4.55. The number of nitrogens with two attached hydrogens (primary N) is 1. The number of hydrogen-bond acceptors (Lipinski definition) is 8. The average molecular weight is 249 g/mol. The number of carbonyl (C=O) groups is 3. The zero-order valence-electron chi connectivity index (χ0n) is 9.85. The van der Waals surface area contributed by atoms with Crippen molar-refractivity contribution in [1.29, 1.82) is 0 Å². The molecule has 1 atom stereocenters. The highest BCUT2D eigenvalue weighted by atomic mass is 16.7. The Kier molecular flexibility index (Phi) is 6.15. The molecule has 0 aromatic heterocycles. The monoisotopic (exact) mass is 249 g/mol. The number of rotatable bonds is 6. The largest absolute Gasteiger partial charge is 0.469 e. The van der Waals surface area contributed by atoms with Crippen molar-refractivity contribution in [1.82, 2.24) is 0 Å². The highest BCUT2D eigenvalue weighted by Gasteiger charge is 2.45. The summed E-state index contributed by atoms with van der Waals surface area (Å²) in [5.41, 5.74) is -1.79. The lowest BCUT2D eigenvalue weighted by Gasteiger charge is -2.26. The highest BCUT2D eigenvalue weighted by molar-refractivity contribution is 5.90. The van der Waals surface area contributed by atoms with Crippen LogP contribution in [0.3, 0.4) is 0 Å². The van der Waals surface area contributed by atoms with E-state index in [0.29, 0.717) is 0 Å². The standard InChI is InChI=1S/C9H15NO7/c1-14-6(11)4-9(16-3,8(13)15-2)5-7(12)17-10/h4-5,10H2,1-3H3. The van der Waals surface area contributed by atoms with E-state index in [4.69, 9.17) is 4.74 Å². The fourth-order valence-corrected chi connectivity index (χ4v) is 1.20. The second-order valence-corrected chi connectivity index (χ2v) is 3.11. The normalized spacial score (nSPS) is 13.4. The van der Waals surface area contributed by atoms with Gasteiger partial charge in [0.05, 0.1) is 27.1 Å². The fourth-order valence-electron chi connectivity index (χ4n) is 1.20. The van der Waals surface area contributed by atoms with Crippen molar-refractivity contribution in [3.63, 3.8) is 0 Å². The molecule has 0 saturated heterocycles. The summed E-state index contributed by atoms with van der Waals surface area (Å²) >= 11 is 0. The van der Waals surface area contributed by atoms with E-state index in [1.54, 1.807) is 0 Å². The smallest absolute Gasteiger partial charge is 0.339 e. The summed E-state index contributed by atoms with van der Waals surface area (Å²) in [6.45, 7) is 0. The van der Waals surface area contributed by atoms with E-state index >= 15 is 0 Å². The summed E-state index contributed by atoms with van der Waals surface area (Å²) in [4.78, 5) is 37.8. The molecule has 0 bridgehead atoms. The molecule has 0 heterocycles. The van der Waals surface area contributed by atoms with Crippen LogP contribution in [0.2, 0.25) is 0 Å². The predicted molar refractivity (Wildman–Crippen MR) is 53.3 cm³/mol. The van der Waals surface area contributed by atoms with Crippen LogP contribution in [0.25, 0.3) is 0 Å². The Bertz CT molecular complexity index is 284. The zero-order chi connectivity index (χ0) is 13.5. The van der Waals surface area contributed by atoms with E-state index in [9.17, 15) is 14.4 Å². The Morgan fingerprint density at radius 3 is 1.88 bits per heavy atom. The van der Waals surface area contributed by atoms with Crippen molar-refractivity contribution in [2.45, 2.75) is 18.4 Å². The topological polar surface area (TPSA) is 114 Å². The Balaban J connectivity index is 5.06. The molecule has 0 spiro atoms. The molecule has 0 fully saturated rings. The molecular formula is C9H15NO7. The molecule has 0 aromatic rings. The molecular weight excluding hydrogens is 234 g/mol. The maximum atomic E-state index is 11.6. The first-order chi connectivity index (χ1) is 7.95. The number of ether oxygens (including phenoxy) is 3. The van der Waals surface area contributed by atoms with Gasteiger partial charge in [-0.2, -0.15) is 5.90 Å². The van der Waals surface area contributed by atoms with Gasteiger partial charge in [0.2, 0.25) is 0 Å². The van der Waals surface area contributed by atoms with Crippen LogP contribution in [0.5, 0.6) is 0 Å². The SMILES string of the molecule is COC(=O)CC(CC(=O)ON)(OC)C(=O)OC. The molecule has 17 heavy (non-hydrogen) atoms. The average Bonchev–Trinajstić information content (AvgIpc) is 2.36. The molecule has 0 aromatic carbocycles. The third kappa shape index (κ3) is 4.00. The van der Waals surface area contributed by atoms with Crippen LogP contribution in [-0.2, 0) is 33.4 Å². The zero-order valence-corrected chi connectivity index (χ0v) is 9.85. The summed E-state index contributed by atoms with van der Waals surface area (Å²) < 4.78 is 13.8. The maximum Gasteiger partial charge on any atom is 0.339 e. The lowest BCUT2D eigenvalue weighted by molar-refractivity contribution is -0.179. The lowest BCUT2D eigenvalue weighted by Crippen LogP contribution is -2.46. The fraction of sp³-hybridized carbons (Fsp3) is 0.667. The number of carbonyl (C=O) groups excluding carboxylic acids is 3. The van der Waals surface area contributed by atoms with Crippen LogP contribution in [0.15, 0.2) is 0 Å². The summed E-state index contributed by atoms with van der Waals surface area (Å²) in [5, 5.41) is 0. The van der Waals surface area contributed by atoms with E-state index in [1.807, 2.05) is 0 Å². The molecule has 0 rings (SSSR count). The Morgan fingerprint density at radius 2 is 1.53 bits per heavy atom. The number of hydrogen-bond donors (Lipinski definition) is 1. The van der Waals surface area contributed by atoms with Gasteiger partial charge < -0.3 is 19.0 Å². The van der Waals surface area contributed by atoms with E-state index in [0.717, 1.165) is 21.3 Å². The minimum absolute atomic E-state index is 0.484. The maximum absolute atomic E-state index is 11.6. The predicted octanol–water partition coefficient (Wildman–Crippen LogP) is -1.09. The third-order valence-corrected chi connectivity index (χ3v) is 2.17. The van der Waals surface area contributed by atoms with Gasteiger partial charge in [-0.15, -0.1) is 0 Å². The van der Waals surface area contributed by atoms with Gasteiger partial charge in [0.15, 0.2) is 5.60 Å². The van der Waals surface area contributed by atoms with E-state index in [2.05, 4.69) is 20.2 Å². The highest BCUT2D eigenvalue weighted by Crippen LogP contribution is 2.23. The van der Waals surface area contributed by atoms with Gasteiger partial charge in [0.25, 0.3) is 0 Å². The van der Waals surface area contributed by atoms with Gasteiger partial charge in [0.1, 0.15) is 0 Å². The van der Waals surface area contributed by atoms with Crippen LogP contribution in [0.1, 0.15) is 12.8 Å². The van der Waals surface area contributed by atoms with Gasteiger partial charge in [-0.3, -0.25) is 9.59 Å². The molecule has 0 saturated carbocycles. The van der Waals surface area contributed by atoms with Crippen molar-refractivity contribution >= 4 is 17.9 Å². The van der Waals surface area contributed by atoms with Gasteiger partial charge in [-0.05, 0) is 0 Å². The third-order valence-electron chi connectivity index (χ3n) is 2.17. The van der Waals surface area contributed by atoms with Gasteiger partial charge >= 0.3 is 17.9 Å². The van der Waals surface area contributed by atoms with Crippen molar-refractivity contribution in [3.05, 3.63) is 0 Å². The summed E-state index contributed by atoms with van der Waals surface area (Å²) in [7, 11) is 3.39. The van der Waals surface area contributed by atoms with Crippen molar-refractivity contribution in [2.75, 3.05) is 21.3 Å². The summed E-state index contributed by atoms with van der Waals surface area (Å²) in [6, 6.07) is 0. The Labute approximate surface area is 97.9 Å². The van der Waals surface area contributed by atoms with E-state index < -0.39 is 36.4 Å². The molecule has 0 aliphatic heterocycles. The van der Waals surface area contributed by atoms with Crippen LogP contribution in [0, 0.1) is 0 Å². The number of methoxy groups -OCH3 is 3. The van der Waals surface area contributed by atoms with Crippen molar-refractivity contribution < 1.29 is 33.4 Å². The van der Waals surface area contributed by atoms with Gasteiger partial charge in [0, 0.05) is 7.11 Å². The second-order valence-electron chi connectivity index (χ2n) is 3.11. The molecule has 1 unspecified atom stereocenters. The van der Waals surface area contributed by atoms with E-state index in [1.165, 1.54) is 0 Å². The van der Waals surface area contributed by atoms with Crippen molar-refractivity contribution in [2.24, 2.45) is 5.90 Å².